The molecule has 0 aliphatic rings. The van der Waals surface area contributed by atoms with Crippen LogP contribution in [0.1, 0.15) is 16.7 Å². The van der Waals surface area contributed by atoms with Crippen LogP contribution in [-0.4, -0.2) is 25.9 Å². The van der Waals surface area contributed by atoms with E-state index >= 15 is 0 Å². The van der Waals surface area contributed by atoms with Gasteiger partial charge >= 0.3 is 5.76 Å². The van der Waals surface area contributed by atoms with Gasteiger partial charge in [-0.1, -0.05) is 52.3 Å². The number of rotatable bonds is 11. The van der Waals surface area contributed by atoms with Gasteiger partial charge in [0.05, 0.1) is 27.9 Å². The van der Waals surface area contributed by atoms with Crippen LogP contribution >= 0.6 is 15.9 Å². The van der Waals surface area contributed by atoms with Crippen molar-refractivity contribution in [1.29, 1.82) is 0 Å². The van der Waals surface area contributed by atoms with Crippen molar-refractivity contribution < 1.29 is 18.6 Å². The molecular formula is C33H31BrN2O5. The van der Waals surface area contributed by atoms with E-state index in [1.165, 1.54) is 0 Å². The highest BCUT2D eigenvalue weighted by molar-refractivity contribution is 9.10. The highest BCUT2D eigenvalue weighted by Crippen LogP contribution is 2.34. The molecular weight excluding hydrogens is 584 g/mol. The van der Waals surface area contributed by atoms with Crippen molar-refractivity contribution >= 4 is 21.7 Å². The summed E-state index contributed by atoms with van der Waals surface area (Å²) in [5, 5.41) is 0. The van der Waals surface area contributed by atoms with Crippen LogP contribution in [0.15, 0.2) is 111 Å². The van der Waals surface area contributed by atoms with E-state index in [0.717, 1.165) is 44.0 Å². The largest absolute Gasteiger partial charge is 0.497 e. The Balaban J connectivity index is 1.64. The van der Waals surface area contributed by atoms with E-state index in [4.69, 9.17) is 18.6 Å². The molecule has 0 bridgehead atoms. The van der Waals surface area contributed by atoms with Gasteiger partial charge in [0.1, 0.15) is 17.2 Å². The van der Waals surface area contributed by atoms with Crippen LogP contribution in [0.25, 0.3) is 11.3 Å². The highest BCUT2D eigenvalue weighted by atomic mass is 79.9. The Bertz CT molecular complexity index is 1570. The smallest absolute Gasteiger partial charge is 0.421 e. The maximum atomic E-state index is 13.5. The fraction of sp³-hybridized carbons (Fsp3) is 0.182. The predicted molar refractivity (Wildman–Crippen MR) is 164 cm³/mol. The third-order valence-corrected chi connectivity index (χ3v) is 7.37. The van der Waals surface area contributed by atoms with Crippen molar-refractivity contribution in [2.75, 3.05) is 26.2 Å². The summed E-state index contributed by atoms with van der Waals surface area (Å²) < 4.78 is 24.7. The molecule has 7 nitrogen and oxygen atoms in total. The third-order valence-electron chi connectivity index (χ3n) is 6.84. The van der Waals surface area contributed by atoms with Gasteiger partial charge in [0.25, 0.3) is 0 Å². The number of anilines is 1. The van der Waals surface area contributed by atoms with Gasteiger partial charge in [0.15, 0.2) is 11.6 Å². The molecule has 1 heterocycles. The van der Waals surface area contributed by atoms with Crippen molar-refractivity contribution in [3.05, 3.63) is 129 Å². The van der Waals surface area contributed by atoms with Crippen molar-refractivity contribution in [3.63, 3.8) is 0 Å². The van der Waals surface area contributed by atoms with Crippen LogP contribution in [0.5, 0.6) is 17.2 Å². The zero-order valence-corrected chi connectivity index (χ0v) is 24.8. The maximum Gasteiger partial charge on any atom is 0.421 e. The average molecular weight is 616 g/mol. The molecule has 0 radical (unpaired) electrons. The van der Waals surface area contributed by atoms with Gasteiger partial charge in [-0.2, -0.15) is 0 Å². The molecule has 0 aliphatic carbocycles. The molecule has 0 atom stereocenters. The lowest BCUT2D eigenvalue weighted by molar-refractivity contribution is 0.414. The molecule has 5 rings (SSSR count). The molecule has 210 valence electrons. The first-order valence-corrected chi connectivity index (χ1v) is 13.9. The molecule has 0 aliphatic heterocycles. The lowest BCUT2D eigenvalue weighted by Crippen LogP contribution is -2.28. The first-order chi connectivity index (χ1) is 20.0. The Morgan fingerprint density at radius 3 is 1.54 bits per heavy atom. The third kappa shape index (κ3) is 6.66. The van der Waals surface area contributed by atoms with Crippen LogP contribution in [0.3, 0.4) is 0 Å². The zero-order chi connectivity index (χ0) is 28.8. The molecule has 0 unspecified atom stereocenters. The van der Waals surface area contributed by atoms with Crippen LogP contribution in [0.2, 0.25) is 0 Å². The van der Waals surface area contributed by atoms with E-state index in [1.807, 2.05) is 97.1 Å². The Kier molecular flexibility index (Phi) is 8.79. The van der Waals surface area contributed by atoms with E-state index < -0.39 is 5.76 Å². The molecule has 0 spiro atoms. The van der Waals surface area contributed by atoms with E-state index in [9.17, 15) is 4.79 Å². The summed E-state index contributed by atoms with van der Waals surface area (Å²) in [6.07, 6.45) is 0. The minimum absolute atomic E-state index is 0.333. The second-order valence-electron chi connectivity index (χ2n) is 9.51. The first-order valence-electron chi connectivity index (χ1n) is 13.1. The number of hydrogen-bond acceptors (Lipinski definition) is 6. The van der Waals surface area contributed by atoms with Gasteiger partial charge in [-0.15, -0.1) is 0 Å². The monoisotopic (exact) mass is 614 g/mol. The number of ether oxygens (including phenoxy) is 3. The molecule has 0 N–H and O–H groups in total. The number of hydrogen-bond donors (Lipinski definition) is 0. The topological polar surface area (TPSA) is 66.1 Å². The van der Waals surface area contributed by atoms with Gasteiger partial charge in [-0.3, -0.25) is 4.57 Å². The minimum atomic E-state index is -0.428. The Morgan fingerprint density at radius 1 is 0.659 bits per heavy atom. The van der Waals surface area contributed by atoms with Gasteiger partial charge < -0.3 is 23.5 Å². The number of nitrogens with zero attached hydrogens (tertiary/aromatic N) is 2. The summed E-state index contributed by atoms with van der Waals surface area (Å²) in [6, 6.07) is 31.4. The molecule has 0 fully saturated rings. The Hall–Kier alpha value is -4.43. The van der Waals surface area contributed by atoms with Crippen LogP contribution in [0.4, 0.5) is 5.82 Å². The number of benzene rings is 4. The Morgan fingerprint density at radius 2 is 1.10 bits per heavy atom. The summed E-state index contributed by atoms with van der Waals surface area (Å²) >= 11 is 3.51. The fourth-order valence-electron chi connectivity index (χ4n) is 4.66. The molecule has 41 heavy (non-hydrogen) atoms. The molecule has 0 saturated heterocycles. The summed E-state index contributed by atoms with van der Waals surface area (Å²) in [6.45, 7) is 1.39. The highest BCUT2D eigenvalue weighted by Gasteiger charge is 2.25. The van der Waals surface area contributed by atoms with Gasteiger partial charge in [-0.05, 0) is 77.4 Å². The normalized spacial score (nSPS) is 10.8. The second-order valence-corrected chi connectivity index (χ2v) is 10.4. The van der Waals surface area contributed by atoms with Crippen molar-refractivity contribution in [1.82, 2.24) is 4.57 Å². The first kappa shape index (κ1) is 28.1. The number of halogens is 1. The predicted octanol–water partition coefficient (Wildman–Crippen LogP) is 7.15. The molecule has 8 heteroatoms. The number of methoxy groups -OCH3 is 3. The summed E-state index contributed by atoms with van der Waals surface area (Å²) in [4.78, 5) is 15.7. The van der Waals surface area contributed by atoms with E-state index in [1.54, 1.807) is 25.9 Å². The molecule has 4 aromatic carbocycles. The maximum absolute atomic E-state index is 13.5. The molecule has 0 amide bonds. The van der Waals surface area contributed by atoms with Crippen molar-refractivity contribution in [2.45, 2.75) is 19.6 Å². The van der Waals surface area contributed by atoms with E-state index in [-0.39, 0.29) is 0 Å². The van der Waals surface area contributed by atoms with Crippen LogP contribution in [-0.2, 0) is 19.6 Å². The minimum Gasteiger partial charge on any atom is -0.497 e. The van der Waals surface area contributed by atoms with Gasteiger partial charge in [-0.25, -0.2) is 4.79 Å². The molecule has 5 aromatic rings. The van der Waals surface area contributed by atoms with Crippen LogP contribution < -0.4 is 24.9 Å². The second kappa shape index (κ2) is 12.8. The lowest BCUT2D eigenvalue weighted by Gasteiger charge is -2.26. The van der Waals surface area contributed by atoms with Gasteiger partial charge in [0.2, 0.25) is 0 Å². The van der Waals surface area contributed by atoms with Crippen molar-refractivity contribution in [2.24, 2.45) is 0 Å². The van der Waals surface area contributed by atoms with Gasteiger partial charge in [0, 0.05) is 23.1 Å². The summed E-state index contributed by atoms with van der Waals surface area (Å²) in [5.41, 5.74) is 3.88. The van der Waals surface area contributed by atoms with Crippen LogP contribution in [0, 0.1) is 0 Å². The summed E-state index contributed by atoms with van der Waals surface area (Å²) in [5.74, 6) is 3.10. The van der Waals surface area contributed by atoms with E-state index in [2.05, 4.69) is 20.8 Å². The number of oxazole rings is 1. The number of aromatic nitrogens is 1. The fourth-order valence-corrected chi connectivity index (χ4v) is 4.93. The standard InChI is InChI=1S/C33H31BrN2O5/c1-38-28-14-4-23(5-15-28)20-35(21-24-6-16-29(39-2)17-7-24)32-31(26-10-12-27(34)13-11-26)41-33(37)36(32)22-25-8-18-30(40-3)19-9-25/h4-19H,20-22H2,1-3H3. The SMILES string of the molecule is COc1ccc(CN(Cc2ccc(OC)cc2)c2c(-c3ccc(Br)cc3)oc(=O)n2Cc2ccc(OC)cc2)cc1. The quantitative estimate of drug-likeness (QED) is 0.157. The average Bonchev–Trinajstić information content (AvgIpc) is 3.33. The Labute approximate surface area is 247 Å². The van der Waals surface area contributed by atoms with Crippen molar-refractivity contribution in [3.8, 4) is 28.6 Å². The molecule has 0 saturated carbocycles. The summed E-state index contributed by atoms with van der Waals surface area (Å²) in [7, 11) is 4.94. The zero-order valence-electron chi connectivity index (χ0n) is 23.2. The molecule has 1 aromatic heterocycles. The van der Waals surface area contributed by atoms with E-state index in [0.29, 0.717) is 31.2 Å². The lowest BCUT2D eigenvalue weighted by atomic mass is 10.1.